The van der Waals surface area contributed by atoms with Crippen LogP contribution in [0.4, 0.5) is 5.69 Å². The van der Waals surface area contributed by atoms with Crippen LogP contribution in [0, 0.1) is 6.92 Å². The Morgan fingerprint density at radius 3 is 1.73 bits per heavy atom. The lowest BCUT2D eigenvalue weighted by molar-refractivity contribution is 0.236. The highest BCUT2D eigenvalue weighted by Crippen LogP contribution is 2.39. The van der Waals surface area contributed by atoms with E-state index in [-0.39, 0.29) is 34.3 Å². The number of phenols is 1. The Hall–Kier alpha value is -5.46. The molecule has 4 aromatic carbocycles. The van der Waals surface area contributed by atoms with Crippen LogP contribution in [-0.2, 0) is 30.3 Å². The molecular formula is C43H49NO10S. The first-order valence-corrected chi connectivity index (χ1v) is 19.4. The van der Waals surface area contributed by atoms with E-state index in [0.29, 0.717) is 85.1 Å². The first kappa shape index (κ1) is 40.7. The Morgan fingerprint density at radius 2 is 1.20 bits per heavy atom. The van der Waals surface area contributed by atoms with Gasteiger partial charge in [-0.05, 0) is 89.4 Å². The zero-order valence-electron chi connectivity index (χ0n) is 31.9. The maximum absolute atomic E-state index is 14.4. The number of hydrogen-bond donors (Lipinski definition) is 4. The van der Waals surface area contributed by atoms with E-state index in [2.05, 4.69) is 4.72 Å². The molecule has 0 bridgehead atoms. The molecule has 0 amide bonds. The first-order valence-electron chi connectivity index (χ1n) is 18.2. The summed E-state index contributed by atoms with van der Waals surface area (Å²) in [5, 5.41) is 22.7. The Labute approximate surface area is 322 Å². The van der Waals surface area contributed by atoms with Crippen molar-refractivity contribution in [3.05, 3.63) is 116 Å². The van der Waals surface area contributed by atoms with Gasteiger partial charge in [0.2, 0.25) is 16.3 Å². The number of aromatic hydroxyl groups is 1. The van der Waals surface area contributed by atoms with Gasteiger partial charge in [0, 0.05) is 41.8 Å². The number of ether oxygens (including phenoxy) is 4. The van der Waals surface area contributed by atoms with Crippen LogP contribution < -0.4 is 29.1 Å². The molecule has 0 unspecified atom stereocenters. The normalized spacial score (nSPS) is 11.1. The molecule has 0 aliphatic rings. The number of fused-ring (bicyclic) bond motifs is 2. The second-order valence-electron chi connectivity index (χ2n) is 13.6. The summed E-state index contributed by atoms with van der Waals surface area (Å²) in [6.07, 6.45) is 5.66. The Morgan fingerprint density at radius 1 is 0.709 bits per heavy atom. The van der Waals surface area contributed by atoms with Gasteiger partial charge in [0.1, 0.15) is 45.3 Å². The molecule has 12 heteroatoms. The van der Waals surface area contributed by atoms with E-state index in [4.69, 9.17) is 23.4 Å². The van der Waals surface area contributed by atoms with E-state index < -0.39 is 22.9 Å². The van der Waals surface area contributed by atoms with Crippen LogP contribution in [0.25, 0.3) is 21.9 Å². The van der Waals surface area contributed by atoms with E-state index in [9.17, 15) is 23.4 Å². The van der Waals surface area contributed by atoms with Crippen molar-refractivity contribution in [2.75, 3.05) is 31.1 Å². The van der Waals surface area contributed by atoms with Crippen LogP contribution in [0.5, 0.6) is 28.7 Å². The number of anilines is 1. The van der Waals surface area contributed by atoms with Crippen LogP contribution in [0.15, 0.2) is 93.2 Å². The summed E-state index contributed by atoms with van der Waals surface area (Å²) in [7, 11) is -2.75. The van der Waals surface area contributed by atoms with Crippen LogP contribution >= 0.6 is 0 Å². The summed E-state index contributed by atoms with van der Waals surface area (Å²) in [4.78, 5) is 14.4. The fraction of sp³-hybridized carbons (Fsp3) is 0.326. The number of nitrogens with one attached hydrogen (secondary N) is 1. The number of benzene rings is 4. The minimum absolute atomic E-state index is 0.0403. The van der Waals surface area contributed by atoms with E-state index >= 15 is 0 Å². The van der Waals surface area contributed by atoms with Gasteiger partial charge in [0.25, 0.3) is 0 Å². The number of thiol groups is 1. The fourth-order valence-corrected chi connectivity index (χ4v) is 6.32. The monoisotopic (exact) mass is 771 g/mol. The van der Waals surface area contributed by atoms with Gasteiger partial charge in [0.15, 0.2) is 0 Å². The third-order valence-corrected chi connectivity index (χ3v) is 9.23. The van der Waals surface area contributed by atoms with Gasteiger partial charge in [-0.25, -0.2) is 8.42 Å². The third kappa shape index (κ3) is 10.8. The molecule has 5 rings (SSSR count). The second kappa shape index (κ2) is 19.2. The quantitative estimate of drug-likeness (QED) is 0.0280. The molecule has 0 spiro atoms. The lowest BCUT2D eigenvalue weighted by atomic mass is 9.95. The molecule has 0 aliphatic heterocycles. The van der Waals surface area contributed by atoms with Gasteiger partial charge < -0.3 is 33.6 Å². The predicted octanol–water partition coefficient (Wildman–Crippen LogP) is 8.10. The summed E-state index contributed by atoms with van der Waals surface area (Å²) in [5.41, 5.74) is 5.13. The summed E-state index contributed by atoms with van der Waals surface area (Å²) in [5.74, 6) is 1.90. The highest BCUT2D eigenvalue weighted by Gasteiger charge is 2.24. The molecule has 1 aromatic heterocycles. The largest absolute Gasteiger partial charge is 0.507 e. The van der Waals surface area contributed by atoms with Crippen LogP contribution in [0.1, 0.15) is 62.8 Å². The van der Waals surface area contributed by atoms with E-state index in [1.165, 1.54) is 0 Å². The van der Waals surface area contributed by atoms with Crippen molar-refractivity contribution in [3.63, 3.8) is 0 Å². The minimum atomic E-state index is -2.75. The molecule has 55 heavy (non-hydrogen) atoms. The summed E-state index contributed by atoms with van der Waals surface area (Å²) in [6, 6.07) is 17.6. The summed E-state index contributed by atoms with van der Waals surface area (Å²) < 4.78 is 54.5. The smallest absolute Gasteiger partial charge is 0.222 e. The molecule has 0 saturated heterocycles. The molecule has 0 atom stereocenters. The number of phenolic OH excluding ortho intramolecular Hbond substituents is 1. The number of hydrogen-bond acceptors (Lipinski definition) is 10. The van der Waals surface area contributed by atoms with Gasteiger partial charge in [-0.15, -0.1) is 0 Å². The molecular weight excluding hydrogens is 723 g/mol. The SMILES string of the molecule is CC(C)=CCc1c(OCCCOc2ccc(C)cc2)cc2oc3cc(OCCCOc4ccc(N[SH](=O)=O)cc4)c(CO)c(CC=C(C)C)c3c(=O)c2c1O. The van der Waals surface area contributed by atoms with Gasteiger partial charge in [-0.2, -0.15) is 0 Å². The van der Waals surface area contributed by atoms with Gasteiger partial charge in [-0.1, -0.05) is 41.0 Å². The highest BCUT2D eigenvalue weighted by atomic mass is 32.2. The summed E-state index contributed by atoms with van der Waals surface area (Å²) >= 11 is 0. The topological polar surface area (TPSA) is 154 Å². The molecule has 0 fully saturated rings. The average Bonchev–Trinajstić information content (AvgIpc) is 3.14. The average molecular weight is 772 g/mol. The van der Waals surface area contributed by atoms with Crippen molar-refractivity contribution in [3.8, 4) is 28.7 Å². The molecule has 0 aliphatic carbocycles. The van der Waals surface area contributed by atoms with Gasteiger partial charge in [0.05, 0.1) is 38.4 Å². The maximum atomic E-state index is 14.4. The summed E-state index contributed by atoms with van der Waals surface area (Å²) in [6.45, 7) is 10.7. The molecule has 11 nitrogen and oxygen atoms in total. The third-order valence-electron chi connectivity index (χ3n) is 8.79. The van der Waals surface area contributed by atoms with Gasteiger partial charge >= 0.3 is 0 Å². The second-order valence-corrected chi connectivity index (χ2v) is 14.4. The van der Waals surface area contributed by atoms with Gasteiger partial charge in [-0.3, -0.25) is 9.52 Å². The Bertz CT molecular complexity index is 2290. The predicted molar refractivity (Wildman–Crippen MR) is 217 cm³/mol. The number of allylic oxidation sites excluding steroid dienone is 4. The van der Waals surface area contributed by atoms with Crippen LogP contribution in [0.2, 0.25) is 0 Å². The molecule has 0 radical (unpaired) electrons. The van der Waals surface area contributed by atoms with E-state index in [1.807, 2.05) is 71.0 Å². The fourth-order valence-electron chi connectivity index (χ4n) is 5.96. The van der Waals surface area contributed by atoms with E-state index in [1.54, 1.807) is 36.4 Å². The van der Waals surface area contributed by atoms with Crippen molar-refractivity contribution in [2.24, 2.45) is 0 Å². The van der Waals surface area contributed by atoms with Crippen LogP contribution in [-0.4, -0.2) is 45.1 Å². The number of aliphatic hydroxyl groups excluding tert-OH is 1. The first-order chi connectivity index (χ1) is 26.4. The number of rotatable bonds is 19. The molecule has 292 valence electrons. The van der Waals surface area contributed by atoms with Crippen molar-refractivity contribution in [1.82, 2.24) is 0 Å². The molecule has 3 N–H and O–H groups in total. The number of aryl methyl sites for hydroxylation is 1. The lowest BCUT2D eigenvalue weighted by Crippen LogP contribution is -2.12. The Kier molecular flexibility index (Phi) is 14.2. The van der Waals surface area contributed by atoms with Crippen molar-refractivity contribution in [1.29, 1.82) is 0 Å². The van der Waals surface area contributed by atoms with Crippen LogP contribution in [0.3, 0.4) is 0 Å². The molecule has 5 aromatic rings. The zero-order chi connectivity index (χ0) is 39.5. The van der Waals surface area contributed by atoms with Crippen molar-refractivity contribution in [2.45, 2.75) is 66.9 Å². The lowest BCUT2D eigenvalue weighted by Gasteiger charge is -2.18. The number of aliphatic hydroxyl groups is 1. The minimum Gasteiger partial charge on any atom is -0.507 e. The highest BCUT2D eigenvalue weighted by molar-refractivity contribution is 7.73. The molecule has 1 heterocycles. The van der Waals surface area contributed by atoms with Crippen molar-refractivity contribution < 1.29 is 42.0 Å². The standard InChI is InChI=1S/C43H49NO10S/c1-27(2)8-18-33-35(26-45)37(53-23-7-21-51-32-16-12-30(13-17-32)44-55(48)49)25-38-40(33)43(47)41-39(54-38)24-36(34(42(41)46)19-9-28(3)4)52-22-6-20-50-31-14-10-29(5)11-15-31/h8-17,24-25,45-46,55H,6-7,18-23,26H2,1-5H3,(H,44,48,49). The zero-order valence-corrected chi connectivity index (χ0v) is 32.8. The van der Waals surface area contributed by atoms with Crippen molar-refractivity contribution >= 4 is 38.5 Å². The maximum Gasteiger partial charge on any atom is 0.222 e. The van der Waals surface area contributed by atoms with E-state index in [0.717, 1.165) is 22.5 Å². The Balaban J connectivity index is 1.44. The molecule has 0 saturated carbocycles.